The minimum absolute atomic E-state index is 0.00811. The normalized spacial score (nSPS) is 11.8. The minimum atomic E-state index is -0.364. The van der Waals surface area contributed by atoms with E-state index in [1.807, 2.05) is 32.9 Å². The number of nitrogens with one attached hydrogen (secondary N) is 1. The van der Waals surface area contributed by atoms with E-state index in [1.165, 1.54) is 17.9 Å². The van der Waals surface area contributed by atoms with Crippen molar-refractivity contribution >= 4 is 5.91 Å². The molecule has 1 N–H and O–H groups in total. The monoisotopic (exact) mass is 315 g/mol. The first-order valence-corrected chi connectivity index (χ1v) is 7.52. The second-order valence-electron chi connectivity index (χ2n) is 5.43. The lowest BCUT2D eigenvalue weighted by atomic mass is 10.2. The first kappa shape index (κ1) is 16.7. The standard InChI is InChI=1S/C17H21N3O3/c1-5-12(3)18-17(22)16-14(23-4)10-15(21)20(19-16)13-8-6-11(2)7-9-13/h6-10,12H,5H2,1-4H3,(H,18,22)/t12-/m0/s1. The number of carbonyl (C=O) groups is 1. The molecule has 23 heavy (non-hydrogen) atoms. The van der Waals surface area contributed by atoms with Gasteiger partial charge in [0, 0.05) is 6.04 Å². The highest BCUT2D eigenvalue weighted by Crippen LogP contribution is 2.15. The van der Waals surface area contributed by atoms with Crippen LogP contribution in [0.4, 0.5) is 0 Å². The maximum Gasteiger partial charge on any atom is 0.275 e. The van der Waals surface area contributed by atoms with Crippen molar-refractivity contribution in [2.45, 2.75) is 33.2 Å². The predicted octanol–water partition coefficient (Wildman–Crippen LogP) is 2.08. The van der Waals surface area contributed by atoms with Crippen LogP contribution < -0.4 is 15.6 Å². The lowest BCUT2D eigenvalue weighted by Crippen LogP contribution is -2.34. The smallest absolute Gasteiger partial charge is 0.275 e. The van der Waals surface area contributed by atoms with Gasteiger partial charge in [0.25, 0.3) is 11.5 Å². The molecule has 2 rings (SSSR count). The zero-order chi connectivity index (χ0) is 17.0. The van der Waals surface area contributed by atoms with Crippen LogP contribution >= 0.6 is 0 Å². The van der Waals surface area contributed by atoms with Gasteiger partial charge in [-0.1, -0.05) is 24.6 Å². The molecular weight excluding hydrogens is 294 g/mol. The van der Waals surface area contributed by atoms with Gasteiger partial charge in [-0.15, -0.1) is 0 Å². The van der Waals surface area contributed by atoms with Gasteiger partial charge in [0.15, 0.2) is 11.4 Å². The molecule has 1 aromatic heterocycles. The molecule has 6 heteroatoms. The van der Waals surface area contributed by atoms with Crippen molar-refractivity contribution in [2.75, 3.05) is 7.11 Å². The largest absolute Gasteiger partial charge is 0.494 e. The fraction of sp³-hybridized carbons (Fsp3) is 0.353. The SMILES string of the molecule is CC[C@H](C)NC(=O)c1nn(-c2ccc(C)cc2)c(=O)cc1OC. The first-order chi connectivity index (χ1) is 11.0. The number of hydrogen-bond acceptors (Lipinski definition) is 4. The van der Waals surface area contributed by atoms with Crippen molar-refractivity contribution in [3.8, 4) is 11.4 Å². The summed E-state index contributed by atoms with van der Waals surface area (Å²) in [7, 11) is 1.41. The maximum absolute atomic E-state index is 12.4. The van der Waals surface area contributed by atoms with Gasteiger partial charge < -0.3 is 10.1 Å². The van der Waals surface area contributed by atoms with E-state index in [0.717, 1.165) is 12.0 Å². The Hall–Kier alpha value is -2.63. The highest BCUT2D eigenvalue weighted by molar-refractivity contribution is 5.94. The summed E-state index contributed by atoms with van der Waals surface area (Å²) in [5, 5.41) is 7.03. The van der Waals surface area contributed by atoms with E-state index in [0.29, 0.717) is 5.69 Å². The summed E-state index contributed by atoms with van der Waals surface area (Å²) in [4.78, 5) is 24.6. The Morgan fingerprint density at radius 2 is 2.00 bits per heavy atom. The molecule has 1 aromatic carbocycles. The number of ether oxygens (including phenoxy) is 1. The molecule has 6 nitrogen and oxygen atoms in total. The Morgan fingerprint density at radius 3 is 2.57 bits per heavy atom. The third-order valence-corrected chi connectivity index (χ3v) is 3.60. The first-order valence-electron chi connectivity index (χ1n) is 7.52. The Bertz CT molecular complexity index is 751. The fourth-order valence-electron chi connectivity index (χ4n) is 2.02. The second kappa shape index (κ2) is 7.09. The van der Waals surface area contributed by atoms with Crippen LogP contribution in [0.1, 0.15) is 36.3 Å². The van der Waals surface area contributed by atoms with E-state index < -0.39 is 0 Å². The van der Waals surface area contributed by atoms with Crippen molar-refractivity contribution in [1.82, 2.24) is 15.1 Å². The van der Waals surface area contributed by atoms with E-state index in [-0.39, 0.29) is 29.0 Å². The molecule has 0 bridgehead atoms. The van der Waals surface area contributed by atoms with Gasteiger partial charge in [0.1, 0.15) is 0 Å². The average molecular weight is 315 g/mol. The summed E-state index contributed by atoms with van der Waals surface area (Å²) in [5.74, 6) is -0.198. The van der Waals surface area contributed by atoms with Crippen LogP contribution in [0.5, 0.6) is 5.75 Å². The molecule has 0 spiro atoms. The number of rotatable bonds is 5. The minimum Gasteiger partial charge on any atom is -0.494 e. The van der Waals surface area contributed by atoms with Crippen molar-refractivity contribution < 1.29 is 9.53 Å². The van der Waals surface area contributed by atoms with E-state index in [9.17, 15) is 9.59 Å². The molecule has 0 fully saturated rings. The Labute approximate surface area is 135 Å². The molecule has 0 aliphatic carbocycles. The lowest BCUT2D eigenvalue weighted by molar-refractivity contribution is 0.0928. The van der Waals surface area contributed by atoms with Crippen LogP contribution in [0, 0.1) is 6.92 Å². The quantitative estimate of drug-likeness (QED) is 0.917. The third-order valence-electron chi connectivity index (χ3n) is 3.60. The molecule has 0 aliphatic rings. The Kier molecular flexibility index (Phi) is 5.16. The molecule has 1 amide bonds. The fourth-order valence-corrected chi connectivity index (χ4v) is 2.02. The molecule has 1 atom stereocenters. The molecule has 0 radical (unpaired) electrons. The van der Waals surface area contributed by atoms with Crippen molar-refractivity contribution in [2.24, 2.45) is 0 Å². The zero-order valence-corrected chi connectivity index (χ0v) is 13.8. The number of nitrogens with zero attached hydrogens (tertiary/aromatic N) is 2. The van der Waals surface area contributed by atoms with E-state index >= 15 is 0 Å². The predicted molar refractivity (Wildman–Crippen MR) is 88.3 cm³/mol. The average Bonchev–Trinajstić information content (AvgIpc) is 2.55. The van der Waals surface area contributed by atoms with Gasteiger partial charge in [0.05, 0.1) is 18.9 Å². The van der Waals surface area contributed by atoms with Gasteiger partial charge >= 0.3 is 0 Å². The Morgan fingerprint density at radius 1 is 1.35 bits per heavy atom. The summed E-state index contributed by atoms with van der Waals surface area (Å²) in [6.07, 6.45) is 0.797. The summed E-state index contributed by atoms with van der Waals surface area (Å²) in [6, 6.07) is 8.62. The van der Waals surface area contributed by atoms with Crippen LogP contribution in [0.3, 0.4) is 0 Å². The number of benzene rings is 1. The number of carbonyl (C=O) groups excluding carboxylic acids is 1. The van der Waals surface area contributed by atoms with Crippen molar-refractivity contribution in [3.63, 3.8) is 0 Å². The molecule has 2 aromatic rings. The summed E-state index contributed by atoms with van der Waals surface area (Å²) < 4.78 is 6.34. The Balaban J connectivity index is 2.49. The molecule has 0 saturated heterocycles. The molecular formula is C17H21N3O3. The van der Waals surface area contributed by atoms with Crippen LogP contribution in [-0.2, 0) is 0 Å². The summed E-state index contributed by atoms with van der Waals surface area (Å²) >= 11 is 0. The third kappa shape index (κ3) is 3.77. The van der Waals surface area contributed by atoms with E-state index in [1.54, 1.807) is 12.1 Å². The number of amides is 1. The van der Waals surface area contributed by atoms with Crippen LogP contribution in [-0.4, -0.2) is 28.8 Å². The molecule has 122 valence electrons. The number of aryl methyl sites for hydroxylation is 1. The van der Waals surface area contributed by atoms with Gasteiger partial charge in [0.2, 0.25) is 0 Å². The van der Waals surface area contributed by atoms with E-state index in [4.69, 9.17) is 4.74 Å². The van der Waals surface area contributed by atoms with Gasteiger partial charge in [-0.05, 0) is 32.4 Å². The second-order valence-corrected chi connectivity index (χ2v) is 5.43. The molecule has 1 heterocycles. The summed E-state index contributed by atoms with van der Waals surface area (Å²) in [5.41, 5.74) is 1.41. The van der Waals surface area contributed by atoms with Gasteiger partial charge in [-0.2, -0.15) is 9.78 Å². The van der Waals surface area contributed by atoms with Gasteiger partial charge in [-0.3, -0.25) is 9.59 Å². The van der Waals surface area contributed by atoms with Crippen LogP contribution in [0.15, 0.2) is 35.1 Å². The highest BCUT2D eigenvalue weighted by atomic mass is 16.5. The highest BCUT2D eigenvalue weighted by Gasteiger charge is 2.19. The lowest BCUT2D eigenvalue weighted by Gasteiger charge is -2.14. The van der Waals surface area contributed by atoms with E-state index in [2.05, 4.69) is 10.4 Å². The van der Waals surface area contributed by atoms with Gasteiger partial charge in [-0.25, -0.2) is 0 Å². The van der Waals surface area contributed by atoms with Crippen molar-refractivity contribution in [3.05, 3.63) is 51.9 Å². The molecule has 0 saturated carbocycles. The topological polar surface area (TPSA) is 73.2 Å². The zero-order valence-electron chi connectivity index (χ0n) is 13.8. The number of aromatic nitrogens is 2. The molecule has 0 unspecified atom stereocenters. The maximum atomic E-state index is 12.4. The van der Waals surface area contributed by atoms with Crippen molar-refractivity contribution in [1.29, 1.82) is 0 Å². The number of methoxy groups -OCH3 is 1. The number of hydrogen-bond donors (Lipinski definition) is 1. The molecule has 0 aliphatic heterocycles. The van der Waals surface area contributed by atoms with Crippen LogP contribution in [0.2, 0.25) is 0 Å². The van der Waals surface area contributed by atoms with Crippen LogP contribution in [0.25, 0.3) is 5.69 Å². The summed E-state index contributed by atoms with van der Waals surface area (Å²) in [6.45, 7) is 5.84.